The lowest BCUT2D eigenvalue weighted by Gasteiger charge is -2.31. The second kappa shape index (κ2) is 9.15. The van der Waals surface area contributed by atoms with Gasteiger partial charge in [0, 0.05) is 24.4 Å². The maximum Gasteiger partial charge on any atom is 0.0717 e. The molecule has 0 fully saturated rings. The zero-order chi connectivity index (χ0) is 15.8. The molecule has 0 radical (unpaired) electrons. The van der Waals surface area contributed by atoms with Gasteiger partial charge in [-0.2, -0.15) is 0 Å². The molecule has 5 atom stereocenters. The van der Waals surface area contributed by atoms with Gasteiger partial charge in [-0.15, -0.1) is 0 Å². The largest absolute Gasteiger partial charge is 0.396 e. The molecule has 120 valence electrons. The molecule has 0 unspecified atom stereocenters. The summed E-state index contributed by atoms with van der Waals surface area (Å²) in [4.78, 5) is 0. The van der Waals surface area contributed by atoms with Crippen molar-refractivity contribution in [3.63, 3.8) is 0 Å². The van der Waals surface area contributed by atoms with E-state index in [4.69, 9.17) is 9.84 Å². The summed E-state index contributed by atoms with van der Waals surface area (Å²) in [5, 5.41) is 29.4. The average molecular weight is 296 g/mol. The van der Waals surface area contributed by atoms with Crippen molar-refractivity contribution in [1.82, 2.24) is 0 Å². The minimum atomic E-state index is -0.721. The lowest BCUT2D eigenvalue weighted by atomic mass is 9.85. The van der Waals surface area contributed by atoms with E-state index in [1.165, 1.54) is 0 Å². The van der Waals surface area contributed by atoms with E-state index in [9.17, 15) is 10.2 Å². The van der Waals surface area contributed by atoms with E-state index >= 15 is 0 Å². The van der Waals surface area contributed by atoms with E-state index in [1.54, 1.807) is 13.8 Å². The number of hydrogen-bond donors (Lipinski definition) is 3. The van der Waals surface area contributed by atoms with Gasteiger partial charge in [0.05, 0.1) is 25.4 Å². The molecule has 3 N–H and O–H groups in total. The van der Waals surface area contributed by atoms with Crippen LogP contribution in [0.5, 0.6) is 0 Å². The Morgan fingerprint density at radius 1 is 0.952 bits per heavy atom. The first-order valence-electron chi connectivity index (χ1n) is 7.56. The molecule has 0 aliphatic heterocycles. The van der Waals surface area contributed by atoms with Crippen LogP contribution in [0.1, 0.15) is 26.3 Å². The van der Waals surface area contributed by atoms with Gasteiger partial charge in [-0.25, -0.2) is 0 Å². The minimum Gasteiger partial charge on any atom is -0.396 e. The monoisotopic (exact) mass is 296 g/mol. The van der Waals surface area contributed by atoms with Crippen LogP contribution in [0.3, 0.4) is 0 Å². The van der Waals surface area contributed by atoms with Crippen molar-refractivity contribution < 1.29 is 20.1 Å². The Kier molecular flexibility index (Phi) is 7.89. The lowest BCUT2D eigenvalue weighted by Crippen LogP contribution is -2.39. The Morgan fingerprint density at radius 2 is 1.52 bits per heavy atom. The first-order valence-corrected chi connectivity index (χ1v) is 7.56. The van der Waals surface area contributed by atoms with Crippen LogP contribution in [0.2, 0.25) is 0 Å². The third-order valence-electron chi connectivity index (χ3n) is 4.02. The van der Waals surface area contributed by atoms with E-state index in [2.05, 4.69) is 0 Å². The average Bonchev–Trinajstić information content (AvgIpc) is 2.52. The SMILES string of the molecule is C[C@@H]([C@H](O)[C@H](C)CO)[C@H](O)[C@H](C)COCc1ccccc1. The van der Waals surface area contributed by atoms with Crippen molar-refractivity contribution in [3.8, 4) is 0 Å². The number of ether oxygens (including phenoxy) is 1. The van der Waals surface area contributed by atoms with Crippen LogP contribution < -0.4 is 0 Å². The van der Waals surface area contributed by atoms with Gasteiger partial charge in [-0.1, -0.05) is 51.1 Å². The standard InChI is InChI=1S/C17H28O4/c1-12(9-18)16(19)14(3)17(20)13(2)10-21-11-15-7-5-4-6-8-15/h4-8,12-14,16-20H,9-11H2,1-3H3/t12-,13-,14+,16-,17-/m1/s1. The van der Waals surface area contributed by atoms with Gasteiger partial charge in [-0.3, -0.25) is 0 Å². The molecular weight excluding hydrogens is 268 g/mol. The Labute approximate surface area is 127 Å². The molecule has 0 aliphatic rings. The highest BCUT2D eigenvalue weighted by atomic mass is 16.5. The van der Waals surface area contributed by atoms with Gasteiger partial charge in [0.2, 0.25) is 0 Å². The Hall–Kier alpha value is -0.940. The van der Waals surface area contributed by atoms with Gasteiger partial charge in [0.25, 0.3) is 0 Å². The molecule has 21 heavy (non-hydrogen) atoms. The quantitative estimate of drug-likeness (QED) is 0.650. The number of aliphatic hydroxyl groups excluding tert-OH is 3. The second-order valence-electron chi connectivity index (χ2n) is 5.98. The molecule has 0 aliphatic carbocycles. The third-order valence-corrected chi connectivity index (χ3v) is 4.02. The molecule has 0 spiro atoms. The van der Waals surface area contributed by atoms with Crippen molar-refractivity contribution >= 4 is 0 Å². The lowest BCUT2D eigenvalue weighted by molar-refractivity contribution is -0.0556. The van der Waals surface area contributed by atoms with Gasteiger partial charge in [0.15, 0.2) is 0 Å². The summed E-state index contributed by atoms with van der Waals surface area (Å²) >= 11 is 0. The van der Waals surface area contributed by atoms with E-state index in [0.29, 0.717) is 13.2 Å². The molecule has 0 saturated heterocycles. The van der Waals surface area contributed by atoms with E-state index < -0.39 is 12.2 Å². The van der Waals surface area contributed by atoms with Crippen LogP contribution in [0.4, 0.5) is 0 Å². The van der Waals surface area contributed by atoms with Crippen LogP contribution in [-0.4, -0.2) is 40.7 Å². The first-order chi connectivity index (χ1) is 9.97. The molecule has 1 rings (SSSR count). The minimum absolute atomic E-state index is 0.0794. The molecule has 0 saturated carbocycles. The third kappa shape index (κ3) is 5.75. The highest BCUT2D eigenvalue weighted by molar-refractivity contribution is 5.13. The summed E-state index contributed by atoms with van der Waals surface area (Å²) in [5.41, 5.74) is 1.10. The van der Waals surface area contributed by atoms with Crippen LogP contribution >= 0.6 is 0 Å². The number of aliphatic hydroxyl groups is 3. The Bertz CT molecular complexity index is 382. The summed E-state index contributed by atoms with van der Waals surface area (Å²) in [7, 11) is 0. The molecule has 0 amide bonds. The fraction of sp³-hybridized carbons (Fsp3) is 0.647. The van der Waals surface area contributed by atoms with Gasteiger partial charge in [0.1, 0.15) is 0 Å². The molecule has 4 heteroatoms. The van der Waals surface area contributed by atoms with Gasteiger partial charge >= 0.3 is 0 Å². The molecular formula is C17H28O4. The van der Waals surface area contributed by atoms with Crippen LogP contribution in [0.15, 0.2) is 30.3 Å². The van der Waals surface area contributed by atoms with Crippen LogP contribution in [0, 0.1) is 17.8 Å². The van der Waals surface area contributed by atoms with Crippen molar-refractivity contribution in [1.29, 1.82) is 0 Å². The molecule has 1 aromatic carbocycles. The van der Waals surface area contributed by atoms with Crippen molar-refractivity contribution in [3.05, 3.63) is 35.9 Å². The van der Waals surface area contributed by atoms with Crippen molar-refractivity contribution in [2.45, 2.75) is 39.6 Å². The fourth-order valence-electron chi connectivity index (χ4n) is 2.38. The number of hydrogen-bond acceptors (Lipinski definition) is 4. The van der Waals surface area contributed by atoms with E-state index in [0.717, 1.165) is 5.56 Å². The Morgan fingerprint density at radius 3 is 2.10 bits per heavy atom. The van der Waals surface area contributed by atoms with Gasteiger partial charge < -0.3 is 20.1 Å². The van der Waals surface area contributed by atoms with Gasteiger partial charge in [-0.05, 0) is 5.56 Å². The van der Waals surface area contributed by atoms with Crippen molar-refractivity contribution in [2.75, 3.05) is 13.2 Å². The fourth-order valence-corrected chi connectivity index (χ4v) is 2.38. The normalized spacial score (nSPS) is 18.8. The van der Waals surface area contributed by atoms with Crippen LogP contribution in [-0.2, 0) is 11.3 Å². The number of rotatable bonds is 9. The molecule has 0 heterocycles. The topological polar surface area (TPSA) is 69.9 Å². The summed E-state index contributed by atoms with van der Waals surface area (Å²) < 4.78 is 5.63. The number of benzene rings is 1. The predicted octanol–water partition coefficient (Wildman–Crippen LogP) is 1.83. The van der Waals surface area contributed by atoms with Crippen LogP contribution in [0.25, 0.3) is 0 Å². The smallest absolute Gasteiger partial charge is 0.0717 e. The summed E-state index contributed by atoms with van der Waals surface area (Å²) in [5.74, 6) is -0.626. The summed E-state index contributed by atoms with van der Waals surface area (Å²) in [6, 6.07) is 9.88. The summed E-state index contributed by atoms with van der Waals surface area (Å²) in [6.45, 7) is 6.34. The maximum atomic E-state index is 10.3. The van der Waals surface area contributed by atoms with E-state index in [1.807, 2.05) is 37.3 Å². The summed E-state index contributed by atoms with van der Waals surface area (Å²) in [6.07, 6.45) is -1.38. The predicted molar refractivity (Wildman–Crippen MR) is 82.7 cm³/mol. The highest BCUT2D eigenvalue weighted by Crippen LogP contribution is 2.21. The molecule has 4 nitrogen and oxygen atoms in total. The maximum absolute atomic E-state index is 10.3. The molecule has 1 aromatic rings. The zero-order valence-corrected chi connectivity index (χ0v) is 13.1. The van der Waals surface area contributed by atoms with E-state index in [-0.39, 0.29) is 24.4 Å². The molecule has 0 bridgehead atoms. The highest BCUT2D eigenvalue weighted by Gasteiger charge is 2.30. The second-order valence-corrected chi connectivity index (χ2v) is 5.98. The molecule has 0 aromatic heterocycles. The Balaban J connectivity index is 2.38. The zero-order valence-electron chi connectivity index (χ0n) is 13.1. The van der Waals surface area contributed by atoms with Crippen molar-refractivity contribution in [2.24, 2.45) is 17.8 Å². The first kappa shape index (κ1) is 18.1.